The molecule has 3 rings (SSSR count). The summed E-state index contributed by atoms with van der Waals surface area (Å²) in [5.41, 5.74) is 1.65. The molecular formula is C21H18N2O5. The molecule has 0 atom stereocenters. The zero-order valence-electron chi connectivity index (χ0n) is 15.1. The minimum absolute atomic E-state index is 0.195. The fraction of sp³-hybridized carbons (Fsp3) is 0.0952. The molecular weight excluding hydrogens is 360 g/mol. The molecule has 2 N–H and O–H groups in total. The molecule has 1 heterocycles. The van der Waals surface area contributed by atoms with Gasteiger partial charge in [0.05, 0.1) is 6.26 Å². The van der Waals surface area contributed by atoms with E-state index in [1.165, 1.54) is 19.3 Å². The van der Waals surface area contributed by atoms with Crippen LogP contribution in [0.15, 0.2) is 71.3 Å². The molecule has 0 aliphatic heterocycles. The zero-order valence-corrected chi connectivity index (χ0v) is 15.1. The quantitative estimate of drug-likeness (QED) is 0.506. The van der Waals surface area contributed by atoms with Crippen LogP contribution in [0.3, 0.4) is 0 Å². The van der Waals surface area contributed by atoms with E-state index in [2.05, 4.69) is 10.6 Å². The molecule has 7 heteroatoms. The molecule has 0 aliphatic rings. The van der Waals surface area contributed by atoms with Gasteiger partial charge >= 0.3 is 5.97 Å². The lowest BCUT2D eigenvalue weighted by molar-refractivity contribution is -0.131. The fourth-order valence-electron chi connectivity index (χ4n) is 2.53. The average molecular weight is 378 g/mol. The highest BCUT2D eigenvalue weighted by Gasteiger charge is 2.13. The Kier molecular flexibility index (Phi) is 5.86. The molecule has 0 bridgehead atoms. The van der Waals surface area contributed by atoms with Crippen molar-refractivity contribution in [3.63, 3.8) is 0 Å². The maximum absolute atomic E-state index is 12.4. The van der Waals surface area contributed by atoms with Crippen LogP contribution in [0.4, 0.5) is 5.69 Å². The van der Waals surface area contributed by atoms with Crippen molar-refractivity contribution in [3.8, 4) is 5.75 Å². The van der Waals surface area contributed by atoms with Gasteiger partial charge in [-0.2, -0.15) is 0 Å². The molecule has 0 saturated heterocycles. The first-order valence-electron chi connectivity index (χ1n) is 8.52. The van der Waals surface area contributed by atoms with Gasteiger partial charge in [0.2, 0.25) is 0 Å². The highest BCUT2D eigenvalue weighted by Crippen LogP contribution is 2.17. The molecule has 0 aliphatic carbocycles. The van der Waals surface area contributed by atoms with Gasteiger partial charge in [-0.3, -0.25) is 14.4 Å². The van der Waals surface area contributed by atoms with Crippen LogP contribution in [0, 0.1) is 0 Å². The highest BCUT2D eigenvalue weighted by atomic mass is 16.5. The van der Waals surface area contributed by atoms with Gasteiger partial charge < -0.3 is 19.8 Å². The number of furan rings is 1. The number of ether oxygens (including phenoxy) is 1. The van der Waals surface area contributed by atoms with Gasteiger partial charge in [-0.25, -0.2) is 0 Å². The van der Waals surface area contributed by atoms with Crippen molar-refractivity contribution in [1.82, 2.24) is 5.32 Å². The zero-order chi connectivity index (χ0) is 19.9. The summed E-state index contributed by atoms with van der Waals surface area (Å²) < 4.78 is 10.1. The molecule has 1 aromatic heterocycles. The summed E-state index contributed by atoms with van der Waals surface area (Å²) in [5, 5.41) is 5.56. The number of carbonyl (C=O) groups is 3. The van der Waals surface area contributed by atoms with Crippen LogP contribution in [0.5, 0.6) is 5.75 Å². The first-order chi connectivity index (χ1) is 13.5. The van der Waals surface area contributed by atoms with Gasteiger partial charge in [-0.15, -0.1) is 0 Å². The van der Waals surface area contributed by atoms with E-state index in [-0.39, 0.29) is 24.1 Å². The van der Waals surface area contributed by atoms with Crippen molar-refractivity contribution in [2.75, 3.05) is 5.32 Å². The van der Waals surface area contributed by atoms with Crippen molar-refractivity contribution in [2.24, 2.45) is 0 Å². The van der Waals surface area contributed by atoms with Crippen LogP contribution >= 0.6 is 0 Å². The maximum atomic E-state index is 12.4. The minimum Gasteiger partial charge on any atom is -0.459 e. The largest absolute Gasteiger partial charge is 0.459 e. The van der Waals surface area contributed by atoms with E-state index in [1.807, 2.05) is 6.07 Å². The van der Waals surface area contributed by atoms with Crippen LogP contribution in [-0.2, 0) is 11.3 Å². The Bertz CT molecular complexity index is 996. The third-order valence-electron chi connectivity index (χ3n) is 3.81. The number of benzene rings is 2. The molecule has 142 valence electrons. The predicted molar refractivity (Wildman–Crippen MR) is 102 cm³/mol. The topological polar surface area (TPSA) is 97.6 Å². The van der Waals surface area contributed by atoms with E-state index in [4.69, 9.17) is 9.15 Å². The molecule has 28 heavy (non-hydrogen) atoms. The summed E-state index contributed by atoms with van der Waals surface area (Å²) in [6, 6.07) is 16.7. The smallest absolute Gasteiger partial charge is 0.308 e. The third-order valence-corrected chi connectivity index (χ3v) is 3.81. The summed E-state index contributed by atoms with van der Waals surface area (Å²) in [6.07, 6.45) is 1.42. The number of para-hydroxylation sites is 1. The average Bonchev–Trinajstić information content (AvgIpc) is 3.22. The van der Waals surface area contributed by atoms with E-state index < -0.39 is 5.97 Å². The fourth-order valence-corrected chi connectivity index (χ4v) is 2.53. The first kappa shape index (κ1) is 18.9. The molecule has 3 aromatic rings. The van der Waals surface area contributed by atoms with E-state index in [0.717, 1.165) is 5.56 Å². The lowest BCUT2D eigenvalue weighted by Crippen LogP contribution is -2.24. The Labute approximate surface area is 161 Å². The molecule has 2 aromatic carbocycles. The summed E-state index contributed by atoms with van der Waals surface area (Å²) in [5.74, 6) is -0.676. The number of nitrogens with one attached hydrogen (secondary N) is 2. The monoisotopic (exact) mass is 378 g/mol. The van der Waals surface area contributed by atoms with Crippen molar-refractivity contribution < 1.29 is 23.5 Å². The number of hydrogen-bond donors (Lipinski definition) is 2. The van der Waals surface area contributed by atoms with Crippen LogP contribution in [-0.4, -0.2) is 17.8 Å². The Balaban J connectivity index is 1.67. The lowest BCUT2D eigenvalue weighted by Gasteiger charge is -2.12. The van der Waals surface area contributed by atoms with E-state index in [0.29, 0.717) is 17.0 Å². The number of hydrogen-bond acceptors (Lipinski definition) is 5. The summed E-state index contributed by atoms with van der Waals surface area (Å²) >= 11 is 0. The number of carbonyl (C=O) groups excluding carboxylic acids is 3. The third kappa shape index (κ3) is 4.85. The second-order valence-electron chi connectivity index (χ2n) is 5.89. The Hall–Kier alpha value is -3.87. The second-order valence-corrected chi connectivity index (χ2v) is 5.89. The first-order valence-corrected chi connectivity index (χ1v) is 8.52. The van der Waals surface area contributed by atoms with E-state index >= 15 is 0 Å². The molecule has 0 saturated carbocycles. The number of esters is 1. The molecule has 0 fully saturated rings. The van der Waals surface area contributed by atoms with Gasteiger partial charge in [0.25, 0.3) is 11.8 Å². The molecule has 0 spiro atoms. The summed E-state index contributed by atoms with van der Waals surface area (Å²) in [7, 11) is 0. The van der Waals surface area contributed by atoms with E-state index in [1.54, 1.807) is 48.5 Å². The van der Waals surface area contributed by atoms with Crippen molar-refractivity contribution >= 4 is 23.5 Å². The molecule has 0 radical (unpaired) electrons. The van der Waals surface area contributed by atoms with Crippen molar-refractivity contribution in [3.05, 3.63) is 83.8 Å². The minimum atomic E-state index is -0.459. The van der Waals surface area contributed by atoms with Crippen LogP contribution in [0.1, 0.15) is 33.4 Å². The van der Waals surface area contributed by atoms with Gasteiger partial charge in [-0.1, -0.05) is 24.3 Å². The number of rotatable bonds is 6. The van der Waals surface area contributed by atoms with Crippen molar-refractivity contribution in [2.45, 2.75) is 13.5 Å². The Morgan fingerprint density at radius 2 is 1.79 bits per heavy atom. The molecule has 0 unspecified atom stereocenters. The van der Waals surface area contributed by atoms with E-state index in [9.17, 15) is 14.4 Å². The van der Waals surface area contributed by atoms with Gasteiger partial charge in [0.1, 0.15) is 5.75 Å². The van der Waals surface area contributed by atoms with Gasteiger partial charge in [-0.05, 0) is 42.0 Å². The lowest BCUT2D eigenvalue weighted by atomic mass is 10.1. The van der Waals surface area contributed by atoms with Crippen LogP contribution in [0.25, 0.3) is 0 Å². The highest BCUT2D eigenvalue weighted by molar-refractivity contribution is 6.02. The molecule has 7 nitrogen and oxygen atoms in total. The molecule has 2 amide bonds. The van der Waals surface area contributed by atoms with Gasteiger partial charge in [0.15, 0.2) is 5.76 Å². The summed E-state index contributed by atoms with van der Waals surface area (Å²) in [6.45, 7) is 1.49. The van der Waals surface area contributed by atoms with Crippen LogP contribution < -0.4 is 15.4 Å². The maximum Gasteiger partial charge on any atom is 0.308 e. The summed E-state index contributed by atoms with van der Waals surface area (Å²) in [4.78, 5) is 35.7. The Morgan fingerprint density at radius 3 is 2.54 bits per heavy atom. The Morgan fingerprint density at radius 1 is 0.964 bits per heavy atom. The van der Waals surface area contributed by atoms with Crippen molar-refractivity contribution in [1.29, 1.82) is 0 Å². The standard InChI is InChI=1S/C21H18N2O5/c1-14(24)28-17-8-4-7-15(12-17)20(25)22-13-16-6-2-3-9-18(16)23-21(26)19-10-5-11-27-19/h2-12H,13H2,1H3,(H,22,25)(H,23,26). The number of anilines is 1. The van der Waals surface area contributed by atoms with Crippen LogP contribution in [0.2, 0.25) is 0 Å². The second kappa shape index (κ2) is 8.68. The van der Waals surface area contributed by atoms with Gasteiger partial charge in [0, 0.05) is 24.7 Å². The number of amides is 2. The predicted octanol–water partition coefficient (Wildman–Crippen LogP) is 3.39. The normalized spacial score (nSPS) is 10.2. The SMILES string of the molecule is CC(=O)Oc1cccc(C(=O)NCc2ccccc2NC(=O)c2ccco2)c1.